The Hall–Kier alpha value is -0.990. The molecule has 0 fully saturated rings. The molecule has 0 unspecified atom stereocenters. The first-order valence-corrected chi connectivity index (χ1v) is 4.45. The number of carbonyl (C=O) groups is 1. The van der Waals surface area contributed by atoms with Crippen molar-refractivity contribution in [2.75, 3.05) is 0 Å². The normalized spacial score (nSPS) is 10.6. The topological polar surface area (TPSA) is 70.2 Å². The molecule has 0 aliphatic heterocycles. The quantitative estimate of drug-likeness (QED) is 0.815. The van der Waals surface area contributed by atoms with E-state index in [9.17, 15) is 18.4 Å². The van der Waals surface area contributed by atoms with Crippen molar-refractivity contribution in [1.82, 2.24) is 4.98 Å². The number of pyridine rings is 1. The number of hydrogen-bond acceptors (Lipinski definition) is 2. The maximum atomic E-state index is 12.2. The molecule has 0 radical (unpaired) electrons. The van der Waals surface area contributed by atoms with Gasteiger partial charge in [-0.05, 0) is 28.7 Å². The number of aromatic amines is 1. The molecule has 0 aliphatic rings. The number of aromatic nitrogens is 1. The summed E-state index contributed by atoms with van der Waals surface area (Å²) >= 11 is 1.54. The molecule has 1 rings (SSSR count). The molecule has 0 saturated carbocycles. The maximum Gasteiger partial charge on any atom is 0.341 e. The second kappa shape index (κ2) is 4.03. The molecule has 4 nitrogen and oxygen atoms in total. The molecule has 0 bridgehead atoms. The number of alkyl halides is 2. The third-order valence-electron chi connectivity index (χ3n) is 1.47. The highest BCUT2D eigenvalue weighted by Crippen LogP contribution is 2.21. The number of H-pyrrole nitrogens is 1. The Morgan fingerprint density at radius 1 is 1.57 bits per heavy atom. The summed E-state index contributed by atoms with van der Waals surface area (Å²) in [5, 5.41) is 8.51. The molecule has 7 heteroatoms. The molecule has 1 aromatic heterocycles. The monoisotopic (exact) mass is 315 g/mol. The summed E-state index contributed by atoms with van der Waals surface area (Å²) < 4.78 is 24.5. The third kappa shape index (κ3) is 2.08. The van der Waals surface area contributed by atoms with Gasteiger partial charge in [0.15, 0.2) is 0 Å². The van der Waals surface area contributed by atoms with E-state index in [0.717, 1.165) is 6.07 Å². The van der Waals surface area contributed by atoms with E-state index in [4.69, 9.17) is 5.11 Å². The van der Waals surface area contributed by atoms with Gasteiger partial charge in [-0.15, -0.1) is 0 Å². The minimum atomic E-state index is -2.82. The van der Waals surface area contributed by atoms with Crippen molar-refractivity contribution < 1.29 is 18.7 Å². The minimum absolute atomic E-state index is 0.0228. The second-order valence-electron chi connectivity index (χ2n) is 2.38. The SMILES string of the molecule is O=C(O)c1cc(I)c(C(F)F)[nH]c1=O. The van der Waals surface area contributed by atoms with E-state index in [1.807, 2.05) is 4.98 Å². The molecule has 2 N–H and O–H groups in total. The van der Waals surface area contributed by atoms with Crippen LogP contribution >= 0.6 is 22.6 Å². The summed E-state index contributed by atoms with van der Waals surface area (Å²) in [6.07, 6.45) is -2.82. The van der Waals surface area contributed by atoms with Crippen LogP contribution in [0.2, 0.25) is 0 Å². The van der Waals surface area contributed by atoms with Crippen LogP contribution in [0.1, 0.15) is 22.5 Å². The lowest BCUT2D eigenvalue weighted by Crippen LogP contribution is -2.20. The number of halogens is 3. The van der Waals surface area contributed by atoms with Crippen LogP contribution < -0.4 is 5.56 Å². The van der Waals surface area contributed by atoms with Gasteiger partial charge >= 0.3 is 5.97 Å². The number of carboxylic acids is 1. The Labute approximate surface area is 90.1 Å². The standard InChI is InChI=1S/C7H4F2INO3/c8-5(9)4-3(10)1-2(7(13)14)6(12)11-4/h1,5H,(H,11,12)(H,13,14). The summed E-state index contributed by atoms with van der Waals surface area (Å²) in [7, 11) is 0. The van der Waals surface area contributed by atoms with E-state index in [2.05, 4.69) is 0 Å². The van der Waals surface area contributed by atoms with Crippen LogP contribution in [0.5, 0.6) is 0 Å². The molecule has 76 valence electrons. The van der Waals surface area contributed by atoms with Crippen LogP contribution in [0, 0.1) is 3.57 Å². The van der Waals surface area contributed by atoms with E-state index in [0.29, 0.717) is 0 Å². The number of rotatable bonds is 2. The molecule has 0 aliphatic carbocycles. The number of carboxylic acid groups (broad SMARTS) is 1. The van der Waals surface area contributed by atoms with Crippen LogP contribution in [0.25, 0.3) is 0 Å². The summed E-state index contributed by atoms with van der Waals surface area (Å²) in [4.78, 5) is 23.2. The summed E-state index contributed by atoms with van der Waals surface area (Å²) in [6.45, 7) is 0. The fraction of sp³-hybridized carbons (Fsp3) is 0.143. The lowest BCUT2D eigenvalue weighted by atomic mass is 10.2. The van der Waals surface area contributed by atoms with E-state index in [1.165, 1.54) is 22.6 Å². The molecule has 0 amide bonds. The van der Waals surface area contributed by atoms with Crippen molar-refractivity contribution in [2.45, 2.75) is 6.43 Å². The van der Waals surface area contributed by atoms with Crippen molar-refractivity contribution in [3.8, 4) is 0 Å². The van der Waals surface area contributed by atoms with Gasteiger partial charge in [-0.1, -0.05) is 0 Å². The Morgan fingerprint density at radius 3 is 2.57 bits per heavy atom. The first kappa shape index (κ1) is 11.1. The smallest absolute Gasteiger partial charge is 0.341 e. The largest absolute Gasteiger partial charge is 0.477 e. The molecule has 0 saturated heterocycles. The van der Waals surface area contributed by atoms with E-state index >= 15 is 0 Å². The summed E-state index contributed by atoms with van der Waals surface area (Å²) in [6, 6.07) is 0.920. The van der Waals surface area contributed by atoms with Crippen molar-refractivity contribution >= 4 is 28.6 Å². The zero-order valence-electron chi connectivity index (χ0n) is 6.55. The fourth-order valence-corrected chi connectivity index (χ4v) is 1.52. The molecular weight excluding hydrogens is 311 g/mol. The Bertz CT molecular complexity index is 429. The minimum Gasteiger partial charge on any atom is -0.477 e. The zero-order chi connectivity index (χ0) is 10.9. The Morgan fingerprint density at radius 2 is 2.14 bits per heavy atom. The van der Waals surface area contributed by atoms with Crippen molar-refractivity contribution in [3.05, 3.63) is 31.2 Å². The van der Waals surface area contributed by atoms with Gasteiger partial charge in [0.1, 0.15) is 5.56 Å². The number of nitrogens with one attached hydrogen (secondary N) is 1. The number of hydrogen-bond donors (Lipinski definition) is 2. The van der Waals surface area contributed by atoms with Gasteiger partial charge in [-0.2, -0.15) is 0 Å². The molecule has 1 heterocycles. The van der Waals surface area contributed by atoms with E-state index in [-0.39, 0.29) is 3.57 Å². The Balaban J connectivity index is 3.39. The predicted molar refractivity (Wildman–Crippen MR) is 51.7 cm³/mol. The van der Waals surface area contributed by atoms with Crippen LogP contribution in [0.4, 0.5) is 8.78 Å². The second-order valence-corrected chi connectivity index (χ2v) is 3.54. The van der Waals surface area contributed by atoms with Crippen LogP contribution in [-0.4, -0.2) is 16.1 Å². The van der Waals surface area contributed by atoms with Gasteiger partial charge in [0, 0.05) is 3.57 Å². The molecule has 0 atom stereocenters. The highest BCUT2D eigenvalue weighted by atomic mass is 127. The molecule has 14 heavy (non-hydrogen) atoms. The van der Waals surface area contributed by atoms with Gasteiger partial charge in [0.2, 0.25) is 0 Å². The van der Waals surface area contributed by atoms with Crippen LogP contribution in [0.3, 0.4) is 0 Å². The average Bonchev–Trinajstić information content (AvgIpc) is 2.07. The van der Waals surface area contributed by atoms with Gasteiger partial charge in [-0.25, -0.2) is 13.6 Å². The van der Waals surface area contributed by atoms with Crippen molar-refractivity contribution in [2.24, 2.45) is 0 Å². The fourth-order valence-electron chi connectivity index (χ4n) is 0.837. The first-order valence-electron chi connectivity index (χ1n) is 3.37. The zero-order valence-corrected chi connectivity index (χ0v) is 8.71. The lowest BCUT2D eigenvalue weighted by Gasteiger charge is -2.03. The molecule has 0 aromatic carbocycles. The molecule has 0 spiro atoms. The van der Waals surface area contributed by atoms with Gasteiger partial charge in [-0.3, -0.25) is 4.79 Å². The van der Waals surface area contributed by atoms with Crippen LogP contribution in [0.15, 0.2) is 10.9 Å². The van der Waals surface area contributed by atoms with Crippen molar-refractivity contribution in [1.29, 1.82) is 0 Å². The van der Waals surface area contributed by atoms with Gasteiger partial charge < -0.3 is 10.1 Å². The average molecular weight is 315 g/mol. The Kier molecular flexibility index (Phi) is 3.19. The first-order chi connectivity index (χ1) is 6.43. The third-order valence-corrected chi connectivity index (χ3v) is 2.36. The number of aromatic carboxylic acids is 1. The summed E-state index contributed by atoms with van der Waals surface area (Å²) in [5.74, 6) is -1.44. The highest BCUT2D eigenvalue weighted by molar-refractivity contribution is 14.1. The lowest BCUT2D eigenvalue weighted by molar-refractivity contribution is 0.0694. The molecular formula is C7H4F2INO3. The van der Waals surface area contributed by atoms with E-state index in [1.54, 1.807) is 0 Å². The van der Waals surface area contributed by atoms with E-state index < -0.39 is 29.2 Å². The molecule has 1 aromatic rings. The van der Waals surface area contributed by atoms with Crippen LogP contribution in [-0.2, 0) is 0 Å². The maximum absolute atomic E-state index is 12.2. The van der Waals surface area contributed by atoms with Gasteiger partial charge in [0.05, 0.1) is 5.69 Å². The summed E-state index contributed by atoms with van der Waals surface area (Å²) in [5.41, 5.74) is -2.12. The predicted octanol–water partition coefficient (Wildman–Crippen LogP) is 1.62. The van der Waals surface area contributed by atoms with Gasteiger partial charge in [0.25, 0.3) is 12.0 Å². The highest BCUT2D eigenvalue weighted by Gasteiger charge is 2.17. The van der Waals surface area contributed by atoms with Crippen molar-refractivity contribution in [3.63, 3.8) is 0 Å².